The van der Waals surface area contributed by atoms with Crippen LogP contribution < -0.4 is 11.1 Å². The van der Waals surface area contributed by atoms with Crippen LogP contribution in [0.15, 0.2) is 6.20 Å². The van der Waals surface area contributed by atoms with Gasteiger partial charge in [0.05, 0.1) is 6.20 Å². The largest absolute Gasteiger partial charge is 0.411 e. The average molecular weight is 297 g/mol. The quantitative estimate of drug-likeness (QED) is 0.852. The van der Waals surface area contributed by atoms with Crippen LogP contribution in [-0.2, 0) is 9.53 Å². The fraction of sp³-hybridized carbons (Fsp3) is 0.444. The van der Waals surface area contributed by atoms with E-state index in [0.29, 0.717) is 0 Å². The van der Waals surface area contributed by atoms with Crippen molar-refractivity contribution in [2.75, 3.05) is 11.9 Å². The summed E-state index contributed by atoms with van der Waals surface area (Å²) in [7, 11) is 0. The summed E-state index contributed by atoms with van der Waals surface area (Å²) >= 11 is 0.815. The first-order valence-corrected chi connectivity index (χ1v) is 5.75. The minimum atomic E-state index is -4.51. The highest BCUT2D eigenvalue weighted by Gasteiger charge is 2.30. The molecule has 106 valence electrons. The first kappa shape index (κ1) is 15.4. The molecule has 0 aliphatic heterocycles. The topological polar surface area (TPSA) is 94.3 Å². The molecule has 2 amide bonds. The van der Waals surface area contributed by atoms with Crippen LogP contribution in [0.25, 0.3) is 0 Å². The Morgan fingerprint density at radius 3 is 2.68 bits per heavy atom. The van der Waals surface area contributed by atoms with Crippen molar-refractivity contribution < 1.29 is 27.5 Å². The lowest BCUT2D eigenvalue weighted by Gasteiger charge is -2.13. The highest BCUT2D eigenvalue weighted by Crippen LogP contribution is 2.19. The maximum Gasteiger partial charge on any atom is 0.411 e. The van der Waals surface area contributed by atoms with E-state index >= 15 is 0 Å². The summed E-state index contributed by atoms with van der Waals surface area (Å²) in [6.07, 6.45) is -4.65. The fourth-order valence-electron chi connectivity index (χ4n) is 0.948. The number of carbonyl (C=O) groups excluding carboxylic acids is 2. The number of nitrogens with zero attached hydrogens (tertiary/aromatic N) is 1. The molecule has 10 heteroatoms. The van der Waals surface area contributed by atoms with E-state index in [1.807, 2.05) is 0 Å². The molecule has 1 aromatic rings. The normalized spacial score (nSPS) is 13.1. The zero-order chi connectivity index (χ0) is 14.6. The number of nitrogens with two attached hydrogens (primary N) is 1. The molecule has 3 N–H and O–H groups in total. The Kier molecular flexibility index (Phi) is 4.84. The number of rotatable bonds is 5. The molecule has 0 fully saturated rings. The van der Waals surface area contributed by atoms with Crippen LogP contribution in [0.2, 0.25) is 0 Å². The summed E-state index contributed by atoms with van der Waals surface area (Å²) in [5, 5.41) is 2.28. The number of ether oxygens (including phenoxy) is 1. The summed E-state index contributed by atoms with van der Waals surface area (Å²) in [5.74, 6) is -1.51. The van der Waals surface area contributed by atoms with Gasteiger partial charge in [-0.2, -0.15) is 13.2 Å². The minimum absolute atomic E-state index is 0.0567. The molecule has 1 rings (SSSR count). The third-order valence-electron chi connectivity index (χ3n) is 1.84. The molecule has 0 saturated carbocycles. The molecule has 0 aromatic carbocycles. The standard InChI is InChI=1S/C9H10F3N3O3S/c1-4(18-3-9(10,11)12)7(17)15-8-14-2-5(19-8)6(13)16/h2,4H,3H2,1H3,(H2,13,16)(H,14,15,17). The lowest BCUT2D eigenvalue weighted by Crippen LogP contribution is -2.31. The number of hydrogen-bond donors (Lipinski definition) is 2. The first-order valence-electron chi connectivity index (χ1n) is 4.94. The Bertz CT molecular complexity index is 475. The van der Waals surface area contributed by atoms with Gasteiger partial charge in [0.2, 0.25) is 0 Å². The zero-order valence-electron chi connectivity index (χ0n) is 9.65. The van der Waals surface area contributed by atoms with Crippen molar-refractivity contribution in [1.29, 1.82) is 0 Å². The molecule has 0 bridgehead atoms. The lowest BCUT2D eigenvalue weighted by molar-refractivity contribution is -0.184. The maximum atomic E-state index is 11.9. The van der Waals surface area contributed by atoms with Crippen molar-refractivity contribution in [2.24, 2.45) is 5.73 Å². The van der Waals surface area contributed by atoms with Crippen LogP contribution in [0.5, 0.6) is 0 Å². The van der Waals surface area contributed by atoms with Crippen LogP contribution in [0.1, 0.15) is 16.6 Å². The summed E-state index contributed by atoms with van der Waals surface area (Å²) in [6.45, 7) is -0.352. The van der Waals surface area contributed by atoms with Gasteiger partial charge in [0.1, 0.15) is 17.6 Å². The van der Waals surface area contributed by atoms with E-state index < -0.39 is 30.7 Å². The summed E-state index contributed by atoms with van der Waals surface area (Å²) < 4.78 is 40.0. The smallest absolute Gasteiger partial charge is 0.365 e. The molecule has 0 aliphatic rings. The summed E-state index contributed by atoms with van der Waals surface area (Å²) in [4.78, 5) is 26.0. The Labute approximate surface area is 109 Å². The molecule has 0 radical (unpaired) electrons. The van der Waals surface area contributed by atoms with Crippen molar-refractivity contribution in [1.82, 2.24) is 4.98 Å². The number of alkyl halides is 3. The number of amides is 2. The van der Waals surface area contributed by atoms with Gasteiger partial charge in [-0.3, -0.25) is 14.9 Å². The Morgan fingerprint density at radius 2 is 2.21 bits per heavy atom. The Morgan fingerprint density at radius 1 is 1.58 bits per heavy atom. The van der Waals surface area contributed by atoms with Gasteiger partial charge in [-0.25, -0.2) is 4.98 Å². The first-order chi connectivity index (χ1) is 8.69. The molecule has 1 unspecified atom stereocenters. The molecule has 19 heavy (non-hydrogen) atoms. The van der Waals surface area contributed by atoms with Gasteiger partial charge in [0.15, 0.2) is 5.13 Å². The van der Waals surface area contributed by atoms with E-state index in [0.717, 1.165) is 17.5 Å². The minimum Gasteiger partial charge on any atom is -0.365 e. The molecular formula is C9H10F3N3O3S. The van der Waals surface area contributed by atoms with E-state index in [9.17, 15) is 22.8 Å². The van der Waals surface area contributed by atoms with E-state index in [1.165, 1.54) is 6.92 Å². The molecule has 0 saturated heterocycles. The number of nitrogens with one attached hydrogen (secondary N) is 1. The second-order valence-corrected chi connectivity index (χ2v) is 4.48. The average Bonchev–Trinajstić information content (AvgIpc) is 2.73. The number of primary amides is 1. The number of anilines is 1. The van der Waals surface area contributed by atoms with Crippen LogP contribution in [0.3, 0.4) is 0 Å². The number of hydrogen-bond acceptors (Lipinski definition) is 5. The predicted molar refractivity (Wildman–Crippen MR) is 60.7 cm³/mol. The van der Waals surface area contributed by atoms with Crippen LogP contribution in [0, 0.1) is 0 Å². The predicted octanol–water partition coefficient (Wildman–Crippen LogP) is 1.15. The van der Waals surface area contributed by atoms with Crippen molar-refractivity contribution in [3.63, 3.8) is 0 Å². The van der Waals surface area contributed by atoms with Gasteiger partial charge in [-0.15, -0.1) is 0 Å². The van der Waals surface area contributed by atoms with Gasteiger partial charge >= 0.3 is 6.18 Å². The van der Waals surface area contributed by atoms with Gasteiger partial charge < -0.3 is 10.5 Å². The van der Waals surface area contributed by atoms with E-state index in [-0.39, 0.29) is 10.0 Å². The fourth-order valence-corrected chi connectivity index (χ4v) is 1.62. The van der Waals surface area contributed by atoms with E-state index in [2.05, 4.69) is 15.0 Å². The summed E-state index contributed by atoms with van der Waals surface area (Å²) in [5.41, 5.74) is 4.98. The van der Waals surface area contributed by atoms with Gasteiger partial charge in [-0.1, -0.05) is 11.3 Å². The summed E-state index contributed by atoms with van der Waals surface area (Å²) in [6, 6.07) is 0. The van der Waals surface area contributed by atoms with Gasteiger partial charge in [-0.05, 0) is 6.92 Å². The monoisotopic (exact) mass is 297 g/mol. The van der Waals surface area contributed by atoms with Crippen molar-refractivity contribution >= 4 is 28.3 Å². The van der Waals surface area contributed by atoms with Crippen molar-refractivity contribution in [3.05, 3.63) is 11.1 Å². The van der Waals surface area contributed by atoms with Crippen molar-refractivity contribution in [3.8, 4) is 0 Å². The third-order valence-corrected chi connectivity index (χ3v) is 2.77. The van der Waals surface area contributed by atoms with Crippen LogP contribution in [-0.4, -0.2) is 35.7 Å². The van der Waals surface area contributed by atoms with E-state index in [1.54, 1.807) is 0 Å². The number of thiazole rings is 1. The van der Waals surface area contributed by atoms with Crippen LogP contribution >= 0.6 is 11.3 Å². The molecule has 1 aromatic heterocycles. The van der Waals surface area contributed by atoms with Gasteiger partial charge in [0, 0.05) is 0 Å². The Balaban J connectivity index is 2.51. The lowest BCUT2D eigenvalue weighted by atomic mass is 10.4. The highest BCUT2D eigenvalue weighted by atomic mass is 32.1. The maximum absolute atomic E-state index is 11.9. The molecular weight excluding hydrogens is 287 g/mol. The molecule has 0 spiro atoms. The van der Waals surface area contributed by atoms with Crippen LogP contribution in [0.4, 0.5) is 18.3 Å². The van der Waals surface area contributed by atoms with Crippen molar-refractivity contribution in [2.45, 2.75) is 19.2 Å². The third kappa shape index (κ3) is 5.22. The zero-order valence-corrected chi connectivity index (χ0v) is 10.5. The highest BCUT2D eigenvalue weighted by molar-refractivity contribution is 7.17. The Hall–Kier alpha value is -1.68. The molecule has 0 aliphatic carbocycles. The van der Waals surface area contributed by atoms with Gasteiger partial charge in [0.25, 0.3) is 11.8 Å². The molecule has 6 nitrogen and oxygen atoms in total. The second kappa shape index (κ2) is 5.97. The second-order valence-electron chi connectivity index (χ2n) is 3.45. The number of carbonyl (C=O) groups is 2. The molecule has 1 heterocycles. The molecule has 1 atom stereocenters. The number of aromatic nitrogens is 1. The number of halogens is 3. The van der Waals surface area contributed by atoms with E-state index in [4.69, 9.17) is 5.73 Å². The SMILES string of the molecule is CC(OCC(F)(F)F)C(=O)Nc1ncc(C(N)=O)s1.